The highest BCUT2D eigenvalue weighted by Crippen LogP contribution is 2.23. The van der Waals surface area contributed by atoms with Gasteiger partial charge in [-0.3, -0.25) is 0 Å². The van der Waals surface area contributed by atoms with E-state index in [1.54, 1.807) is 12.1 Å². The largest absolute Gasteiger partial charge is 0.475 e. The summed E-state index contributed by atoms with van der Waals surface area (Å²) in [6.45, 7) is 5.83. The summed E-state index contributed by atoms with van der Waals surface area (Å²) in [5.41, 5.74) is 3.19. The summed E-state index contributed by atoms with van der Waals surface area (Å²) in [6, 6.07) is 7.46. The van der Waals surface area contributed by atoms with Crippen molar-refractivity contribution in [2.45, 2.75) is 33.3 Å². The summed E-state index contributed by atoms with van der Waals surface area (Å²) in [5.74, 6) is 0.586. The predicted octanol–water partition coefficient (Wildman–Crippen LogP) is 3.69. The zero-order valence-electron chi connectivity index (χ0n) is 12.2. The summed E-state index contributed by atoms with van der Waals surface area (Å²) < 4.78 is 5.66. The fourth-order valence-electron chi connectivity index (χ4n) is 1.98. The zero-order valence-corrected chi connectivity index (χ0v) is 13.0. The highest BCUT2D eigenvalue weighted by molar-refractivity contribution is 6.30. The third-order valence-corrected chi connectivity index (χ3v) is 3.27. The second-order valence-electron chi connectivity index (χ2n) is 5.01. The van der Waals surface area contributed by atoms with Crippen molar-refractivity contribution in [1.29, 1.82) is 5.26 Å². The van der Waals surface area contributed by atoms with E-state index in [4.69, 9.17) is 16.3 Å². The third kappa shape index (κ3) is 3.71. The Kier molecular flexibility index (Phi) is 4.77. The van der Waals surface area contributed by atoms with Crippen LogP contribution in [0.2, 0.25) is 5.02 Å². The summed E-state index contributed by atoms with van der Waals surface area (Å²) in [5, 5.41) is 9.75. The Morgan fingerprint density at radius 2 is 2.10 bits per heavy atom. The van der Waals surface area contributed by atoms with Gasteiger partial charge in [0.25, 0.3) is 0 Å². The lowest BCUT2D eigenvalue weighted by molar-refractivity contribution is 0.230. The fourth-order valence-corrected chi connectivity index (χ4v) is 2.15. The van der Waals surface area contributed by atoms with E-state index in [-0.39, 0.29) is 6.10 Å². The van der Waals surface area contributed by atoms with Gasteiger partial charge in [0, 0.05) is 17.0 Å². The molecule has 21 heavy (non-hydrogen) atoms. The third-order valence-electron chi connectivity index (χ3n) is 3.04. The van der Waals surface area contributed by atoms with E-state index in [0.717, 1.165) is 16.8 Å². The number of benzene rings is 1. The first-order valence-corrected chi connectivity index (χ1v) is 7.04. The molecule has 0 aliphatic carbocycles. The van der Waals surface area contributed by atoms with Crippen molar-refractivity contribution in [3.8, 4) is 11.9 Å². The van der Waals surface area contributed by atoms with Crippen molar-refractivity contribution >= 4 is 11.6 Å². The molecule has 0 amide bonds. The second-order valence-corrected chi connectivity index (χ2v) is 5.44. The van der Waals surface area contributed by atoms with E-state index in [9.17, 15) is 5.26 Å². The van der Waals surface area contributed by atoms with E-state index in [0.29, 0.717) is 22.9 Å². The number of hydrogen-bond donors (Lipinski definition) is 0. The Hall–Kier alpha value is -2.12. The molecule has 0 aliphatic rings. The lowest BCUT2D eigenvalue weighted by Gasteiger charge is -2.13. The average Bonchev–Trinajstić information content (AvgIpc) is 2.44. The van der Waals surface area contributed by atoms with Gasteiger partial charge in [0.05, 0.1) is 23.4 Å². The Balaban J connectivity index is 2.34. The first kappa shape index (κ1) is 15.3. The molecule has 2 rings (SSSR count). The molecule has 0 saturated carbocycles. The lowest BCUT2D eigenvalue weighted by atomic mass is 10.0. The molecule has 0 radical (unpaired) electrons. The molecule has 5 heteroatoms. The summed E-state index contributed by atoms with van der Waals surface area (Å²) >= 11 is 5.92. The molecule has 0 saturated heterocycles. The first-order chi connectivity index (χ1) is 10.0. The lowest BCUT2D eigenvalue weighted by Crippen LogP contribution is -2.10. The molecule has 1 aromatic carbocycles. The molecule has 1 heterocycles. The van der Waals surface area contributed by atoms with Gasteiger partial charge in [0.2, 0.25) is 5.88 Å². The summed E-state index contributed by atoms with van der Waals surface area (Å²) in [4.78, 5) is 8.46. The van der Waals surface area contributed by atoms with Crippen molar-refractivity contribution < 1.29 is 4.74 Å². The van der Waals surface area contributed by atoms with Crippen molar-refractivity contribution in [1.82, 2.24) is 9.97 Å². The second kappa shape index (κ2) is 6.55. The number of hydrogen-bond acceptors (Lipinski definition) is 4. The molecule has 0 aliphatic heterocycles. The highest BCUT2D eigenvalue weighted by Gasteiger charge is 2.12. The van der Waals surface area contributed by atoms with Gasteiger partial charge in [-0.1, -0.05) is 17.7 Å². The number of ether oxygens (including phenoxy) is 1. The summed E-state index contributed by atoms with van der Waals surface area (Å²) in [6.07, 6.45) is 2.09. The van der Waals surface area contributed by atoms with Crippen molar-refractivity contribution in [3.63, 3.8) is 0 Å². The van der Waals surface area contributed by atoms with E-state index in [1.165, 1.54) is 6.33 Å². The van der Waals surface area contributed by atoms with E-state index in [2.05, 4.69) is 16.0 Å². The smallest absolute Gasteiger partial charge is 0.219 e. The van der Waals surface area contributed by atoms with Crippen molar-refractivity contribution in [2.24, 2.45) is 0 Å². The SMILES string of the molecule is Cc1c(Cc2ccc(Cl)cc2C#N)ncnc1OC(C)C. The van der Waals surface area contributed by atoms with Gasteiger partial charge in [-0.05, 0) is 38.5 Å². The van der Waals surface area contributed by atoms with Crippen LogP contribution in [-0.4, -0.2) is 16.1 Å². The monoisotopic (exact) mass is 301 g/mol. The molecular weight excluding hydrogens is 286 g/mol. The molecule has 0 atom stereocenters. The molecular formula is C16H16ClN3O. The highest BCUT2D eigenvalue weighted by atomic mass is 35.5. The Morgan fingerprint density at radius 1 is 1.33 bits per heavy atom. The number of aromatic nitrogens is 2. The Morgan fingerprint density at radius 3 is 2.76 bits per heavy atom. The van der Waals surface area contributed by atoms with E-state index >= 15 is 0 Å². The van der Waals surface area contributed by atoms with Crippen LogP contribution in [0, 0.1) is 18.3 Å². The molecule has 4 nitrogen and oxygen atoms in total. The Labute approximate surface area is 129 Å². The van der Waals surface area contributed by atoms with Gasteiger partial charge in [-0.25, -0.2) is 9.97 Å². The fraction of sp³-hybridized carbons (Fsp3) is 0.312. The molecule has 1 aromatic heterocycles. The maximum Gasteiger partial charge on any atom is 0.219 e. The molecule has 0 unspecified atom stereocenters. The maximum atomic E-state index is 9.20. The van der Waals surface area contributed by atoms with Gasteiger partial charge in [0.15, 0.2) is 0 Å². The van der Waals surface area contributed by atoms with Crippen LogP contribution in [0.15, 0.2) is 24.5 Å². The topological polar surface area (TPSA) is 58.8 Å². The van der Waals surface area contributed by atoms with Gasteiger partial charge in [0.1, 0.15) is 6.33 Å². The summed E-state index contributed by atoms with van der Waals surface area (Å²) in [7, 11) is 0. The normalized spacial score (nSPS) is 10.5. The van der Waals surface area contributed by atoms with Crippen molar-refractivity contribution in [2.75, 3.05) is 0 Å². The molecule has 0 bridgehead atoms. The van der Waals surface area contributed by atoms with Crippen LogP contribution in [0.3, 0.4) is 0 Å². The van der Waals surface area contributed by atoms with Gasteiger partial charge >= 0.3 is 0 Å². The van der Waals surface area contributed by atoms with Crippen LogP contribution < -0.4 is 4.74 Å². The number of rotatable bonds is 4. The minimum atomic E-state index is 0.0525. The average molecular weight is 302 g/mol. The number of nitrogens with zero attached hydrogens (tertiary/aromatic N) is 3. The van der Waals surface area contributed by atoms with Crippen LogP contribution in [0.5, 0.6) is 5.88 Å². The quantitative estimate of drug-likeness (QED) is 0.864. The standard InChI is InChI=1S/C16H16ClN3O/c1-10(2)21-16-11(3)15(19-9-20-16)7-12-4-5-14(17)6-13(12)8-18/h4-6,9-10H,7H2,1-3H3. The van der Waals surface area contributed by atoms with E-state index in [1.807, 2.05) is 26.8 Å². The molecule has 0 spiro atoms. The van der Waals surface area contributed by atoms with Gasteiger partial charge in [-0.15, -0.1) is 0 Å². The molecule has 2 aromatic rings. The van der Waals surface area contributed by atoms with Crippen LogP contribution in [0.25, 0.3) is 0 Å². The maximum absolute atomic E-state index is 9.20. The Bertz CT molecular complexity index is 692. The van der Waals surface area contributed by atoms with Crippen LogP contribution in [0.4, 0.5) is 0 Å². The van der Waals surface area contributed by atoms with Crippen LogP contribution in [0.1, 0.15) is 36.2 Å². The zero-order chi connectivity index (χ0) is 15.4. The van der Waals surface area contributed by atoms with Crippen molar-refractivity contribution in [3.05, 3.63) is 51.9 Å². The van der Waals surface area contributed by atoms with E-state index < -0.39 is 0 Å². The molecule has 108 valence electrons. The number of nitriles is 1. The predicted molar refractivity (Wildman–Crippen MR) is 81.5 cm³/mol. The molecule has 0 N–H and O–H groups in total. The minimum Gasteiger partial charge on any atom is -0.475 e. The van der Waals surface area contributed by atoms with Gasteiger partial charge < -0.3 is 4.74 Å². The van der Waals surface area contributed by atoms with Gasteiger partial charge in [-0.2, -0.15) is 5.26 Å². The first-order valence-electron chi connectivity index (χ1n) is 6.67. The van der Waals surface area contributed by atoms with Crippen LogP contribution >= 0.6 is 11.6 Å². The van der Waals surface area contributed by atoms with Crippen LogP contribution in [-0.2, 0) is 6.42 Å². The molecule has 0 fully saturated rings. The minimum absolute atomic E-state index is 0.0525. The number of halogens is 1.